The van der Waals surface area contributed by atoms with Crippen LogP contribution in [0.4, 0.5) is 0 Å². The highest BCUT2D eigenvalue weighted by Crippen LogP contribution is 2.17. The summed E-state index contributed by atoms with van der Waals surface area (Å²) in [6.07, 6.45) is 79.7. The van der Waals surface area contributed by atoms with Crippen LogP contribution in [-0.4, -0.2) is 37.2 Å². The Kier molecular flexibility index (Phi) is 61.7. The second kappa shape index (κ2) is 63.9. The molecule has 0 amide bonds. The molecule has 0 aliphatic heterocycles. The van der Waals surface area contributed by atoms with Gasteiger partial charge in [0, 0.05) is 19.3 Å². The van der Waals surface area contributed by atoms with Gasteiger partial charge in [0.05, 0.1) is 0 Å². The van der Waals surface area contributed by atoms with Gasteiger partial charge in [0.15, 0.2) is 6.10 Å². The Hall–Kier alpha value is -2.63. The molecule has 0 aromatic rings. The number of hydrogen-bond acceptors (Lipinski definition) is 6. The molecule has 438 valence electrons. The highest BCUT2D eigenvalue weighted by Gasteiger charge is 2.19. The lowest BCUT2D eigenvalue weighted by molar-refractivity contribution is -0.167. The molecule has 0 bridgehead atoms. The summed E-state index contributed by atoms with van der Waals surface area (Å²) in [5, 5.41) is 0. The molecule has 6 heteroatoms. The van der Waals surface area contributed by atoms with E-state index in [0.717, 1.165) is 83.5 Å². The summed E-state index contributed by atoms with van der Waals surface area (Å²) in [7, 11) is 0. The van der Waals surface area contributed by atoms with Gasteiger partial charge in [-0.05, 0) is 83.5 Å². The van der Waals surface area contributed by atoms with Crippen molar-refractivity contribution < 1.29 is 28.6 Å². The molecule has 0 aliphatic rings. The fourth-order valence-corrected chi connectivity index (χ4v) is 9.80. The lowest BCUT2D eigenvalue weighted by Crippen LogP contribution is -2.30. The molecule has 0 rings (SSSR count). The van der Waals surface area contributed by atoms with Crippen LogP contribution in [0.5, 0.6) is 0 Å². The van der Waals surface area contributed by atoms with Gasteiger partial charge in [-0.15, -0.1) is 0 Å². The summed E-state index contributed by atoms with van der Waals surface area (Å²) in [4.78, 5) is 38.4. The largest absolute Gasteiger partial charge is 0.462 e. The van der Waals surface area contributed by atoms with Crippen molar-refractivity contribution in [3.8, 4) is 0 Å². The Morgan fingerprint density at radius 1 is 0.267 bits per heavy atom. The van der Waals surface area contributed by atoms with E-state index in [9.17, 15) is 14.4 Å². The quantitative estimate of drug-likeness (QED) is 0.0261. The molecule has 0 aliphatic carbocycles. The van der Waals surface area contributed by atoms with Crippen molar-refractivity contribution in [3.05, 3.63) is 48.6 Å². The van der Waals surface area contributed by atoms with Crippen molar-refractivity contribution >= 4 is 17.9 Å². The van der Waals surface area contributed by atoms with Gasteiger partial charge in [-0.3, -0.25) is 14.4 Å². The van der Waals surface area contributed by atoms with Gasteiger partial charge in [-0.25, -0.2) is 0 Å². The minimum absolute atomic E-state index is 0.0750. The molecule has 0 heterocycles. The van der Waals surface area contributed by atoms with Crippen LogP contribution in [0.2, 0.25) is 0 Å². The van der Waals surface area contributed by atoms with Crippen LogP contribution in [-0.2, 0) is 28.6 Å². The van der Waals surface area contributed by atoms with Crippen molar-refractivity contribution in [1.82, 2.24) is 0 Å². The average molecular weight is 1050 g/mol. The van der Waals surface area contributed by atoms with Crippen molar-refractivity contribution in [1.29, 1.82) is 0 Å². The van der Waals surface area contributed by atoms with E-state index >= 15 is 0 Å². The third-order valence-electron chi connectivity index (χ3n) is 14.8. The molecule has 0 aromatic heterocycles. The number of hydrogen-bond donors (Lipinski definition) is 0. The smallest absolute Gasteiger partial charge is 0.306 e. The first-order chi connectivity index (χ1) is 37.0. The van der Waals surface area contributed by atoms with E-state index in [4.69, 9.17) is 14.2 Å². The minimum atomic E-state index is -0.779. The van der Waals surface area contributed by atoms with E-state index in [1.165, 1.54) is 231 Å². The van der Waals surface area contributed by atoms with Crippen molar-refractivity contribution in [2.45, 2.75) is 361 Å². The first kappa shape index (κ1) is 72.4. The van der Waals surface area contributed by atoms with Crippen LogP contribution < -0.4 is 0 Å². The monoisotopic (exact) mass is 1050 g/mol. The van der Waals surface area contributed by atoms with Gasteiger partial charge in [-0.2, -0.15) is 0 Å². The lowest BCUT2D eigenvalue weighted by Gasteiger charge is -2.18. The van der Waals surface area contributed by atoms with E-state index in [0.29, 0.717) is 19.3 Å². The molecule has 0 N–H and O–H groups in total. The van der Waals surface area contributed by atoms with E-state index in [2.05, 4.69) is 69.4 Å². The van der Waals surface area contributed by atoms with E-state index in [1.807, 2.05) is 0 Å². The van der Waals surface area contributed by atoms with Gasteiger partial charge in [0.25, 0.3) is 0 Å². The van der Waals surface area contributed by atoms with Crippen LogP contribution in [0.15, 0.2) is 48.6 Å². The summed E-state index contributed by atoms with van der Waals surface area (Å²) < 4.78 is 17.0. The fraction of sp³-hybridized carbons (Fsp3) is 0.841. The Morgan fingerprint density at radius 3 is 0.747 bits per heavy atom. The van der Waals surface area contributed by atoms with Gasteiger partial charge < -0.3 is 14.2 Å². The molecule has 1 atom stereocenters. The third kappa shape index (κ3) is 62.1. The molecular formula is C69H126O6. The van der Waals surface area contributed by atoms with Crippen molar-refractivity contribution in [3.63, 3.8) is 0 Å². The van der Waals surface area contributed by atoms with E-state index in [1.54, 1.807) is 0 Å². The summed E-state index contributed by atoms with van der Waals surface area (Å²) in [6, 6.07) is 0. The molecule has 0 spiro atoms. The van der Waals surface area contributed by atoms with Crippen LogP contribution in [0, 0.1) is 0 Å². The van der Waals surface area contributed by atoms with E-state index < -0.39 is 6.10 Å². The molecule has 0 saturated heterocycles. The number of ether oxygens (including phenoxy) is 3. The number of unbranched alkanes of at least 4 members (excludes halogenated alkanes) is 42. The van der Waals surface area contributed by atoms with Crippen LogP contribution in [0.25, 0.3) is 0 Å². The Labute approximate surface area is 467 Å². The van der Waals surface area contributed by atoms with E-state index in [-0.39, 0.29) is 31.1 Å². The molecule has 0 saturated carbocycles. The molecule has 6 nitrogen and oxygen atoms in total. The SMILES string of the molecule is CCCCCC/C=C\C/C=C\CCCCCCCC(=O)OCC(COC(=O)CCCCCCCCCCCCC/C=C\C/C=C\CCCCCCC)OC(=O)CCCCCCCCCCCCCCCCCCCC. The molecular weight excluding hydrogens is 925 g/mol. The maximum atomic E-state index is 12.9. The van der Waals surface area contributed by atoms with Gasteiger partial charge in [0.2, 0.25) is 0 Å². The predicted molar refractivity (Wildman–Crippen MR) is 325 cm³/mol. The molecule has 75 heavy (non-hydrogen) atoms. The predicted octanol–water partition coefficient (Wildman–Crippen LogP) is 22.6. The highest BCUT2D eigenvalue weighted by molar-refractivity contribution is 5.71. The second-order valence-corrected chi connectivity index (χ2v) is 22.4. The van der Waals surface area contributed by atoms with Crippen molar-refractivity contribution in [2.24, 2.45) is 0 Å². The van der Waals surface area contributed by atoms with Crippen molar-refractivity contribution in [2.75, 3.05) is 13.2 Å². The minimum Gasteiger partial charge on any atom is -0.462 e. The fourth-order valence-electron chi connectivity index (χ4n) is 9.80. The van der Waals surface area contributed by atoms with Gasteiger partial charge in [-0.1, -0.05) is 301 Å². The zero-order valence-corrected chi connectivity index (χ0v) is 50.3. The first-order valence-electron chi connectivity index (χ1n) is 33.1. The second-order valence-electron chi connectivity index (χ2n) is 22.4. The lowest BCUT2D eigenvalue weighted by atomic mass is 10.0. The summed E-state index contributed by atoms with van der Waals surface area (Å²) in [6.45, 7) is 6.66. The first-order valence-corrected chi connectivity index (χ1v) is 33.1. The molecule has 0 aromatic carbocycles. The number of esters is 3. The zero-order valence-electron chi connectivity index (χ0n) is 50.3. The van der Waals surface area contributed by atoms with Crippen LogP contribution >= 0.6 is 0 Å². The third-order valence-corrected chi connectivity index (χ3v) is 14.8. The average Bonchev–Trinajstić information content (AvgIpc) is 3.41. The Balaban J connectivity index is 4.33. The van der Waals surface area contributed by atoms with Crippen LogP contribution in [0.3, 0.4) is 0 Å². The van der Waals surface area contributed by atoms with Crippen LogP contribution in [0.1, 0.15) is 355 Å². The van der Waals surface area contributed by atoms with Gasteiger partial charge in [0.1, 0.15) is 13.2 Å². The topological polar surface area (TPSA) is 78.9 Å². The number of carbonyl (C=O) groups is 3. The number of rotatable bonds is 61. The summed E-state index contributed by atoms with van der Waals surface area (Å²) in [5.41, 5.74) is 0. The molecule has 0 fully saturated rings. The zero-order chi connectivity index (χ0) is 54.3. The molecule has 0 radical (unpaired) electrons. The standard InChI is InChI=1S/C69H126O6/c1-4-7-10-13-16-19-22-25-28-31-33-34-35-36-37-39-41-44-47-50-53-56-59-62-68(71)74-65-66(64-73-67(70)61-58-55-52-49-46-43-40-30-27-24-21-18-15-12-9-6-3)75-69(72)63-60-57-54-51-48-45-42-38-32-29-26-23-20-17-14-11-8-5-2/h21-22,24-25,30-31,33,40,66H,4-20,23,26-29,32,34-39,41-65H2,1-3H3/b24-21-,25-22-,33-31-,40-30-. The van der Waals surface area contributed by atoms with Gasteiger partial charge >= 0.3 is 17.9 Å². The Morgan fingerprint density at radius 2 is 0.480 bits per heavy atom. The normalized spacial score (nSPS) is 12.3. The number of allylic oxidation sites excluding steroid dienone is 8. The number of carbonyl (C=O) groups excluding carboxylic acids is 3. The summed E-state index contributed by atoms with van der Waals surface area (Å²) in [5.74, 6) is -0.867. The maximum absolute atomic E-state index is 12.9. The molecule has 1 unspecified atom stereocenters. The maximum Gasteiger partial charge on any atom is 0.306 e. The summed E-state index contributed by atoms with van der Waals surface area (Å²) >= 11 is 0. The Bertz CT molecular complexity index is 1300. The highest BCUT2D eigenvalue weighted by atomic mass is 16.6.